The molecule has 116 valence electrons. The molecule has 0 fully saturated rings. The minimum Gasteiger partial charge on any atom is -0.308 e. The second-order valence-electron chi connectivity index (χ2n) is 5.02. The summed E-state index contributed by atoms with van der Waals surface area (Å²) in [6.07, 6.45) is 0. The highest BCUT2D eigenvalue weighted by Gasteiger charge is 2.15. The third-order valence-corrected chi connectivity index (χ3v) is 4.38. The van der Waals surface area contributed by atoms with E-state index in [1.54, 1.807) is 0 Å². The monoisotopic (exact) mass is 324 g/mol. The minimum absolute atomic E-state index is 0.140. The van der Waals surface area contributed by atoms with E-state index < -0.39 is 0 Å². The van der Waals surface area contributed by atoms with Crippen LogP contribution >= 0.6 is 11.3 Å². The van der Waals surface area contributed by atoms with Crippen molar-refractivity contribution in [3.05, 3.63) is 71.2 Å². The van der Waals surface area contributed by atoms with Crippen LogP contribution in [0, 0.1) is 0 Å². The van der Waals surface area contributed by atoms with Gasteiger partial charge in [-0.1, -0.05) is 66.8 Å². The molecule has 5 nitrogen and oxygen atoms in total. The smallest absolute Gasteiger partial charge is 0.308 e. The molecule has 0 aliphatic rings. The van der Waals surface area contributed by atoms with Gasteiger partial charge in [-0.05, 0) is 17.7 Å². The van der Waals surface area contributed by atoms with E-state index in [0.29, 0.717) is 5.13 Å². The molecule has 3 rings (SSSR count). The first-order valence-corrected chi connectivity index (χ1v) is 8.05. The zero-order chi connectivity index (χ0) is 16.1. The number of anilines is 2. The Morgan fingerprint density at radius 3 is 2.30 bits per heavy atom. The average molecular weight is 324 g/mol. The van der Waals surface area contributed by atoms with Crippen molar-refractivity contribution in [3.63, 3.8) is 0 Å². The molecule has 0 spiro atoms. The van der Waals surface area contributed by atoms with Crippen molar-refractivity contribution in [1.29, 1.82) is 0 Å². The van der Waals surface area contributed by atoms with Gasteiger partial charge in [-0.2, -0.15) is 0 Å². The van der Waals surface area contributed by atoms with E-state index in [1.165, 1.54) is 16.9 Å². The van der Waals surface area contributed by atoms with E-state index in [9.17, 15) is 4.79 Å². The number of carbonyl (C=O) groups excluding carboxylic acids is 1. The quantitative estimate of drug-likeness (QED) is 0.750. The maximum Gasteiger partial charge on any atom is 0.325 e. The van der Waals surface area contributed by atoms with Gasteiger partial charge in [0.05, 0.1) is 0 Å². The highest BCUT2D eigenvalue weighted by Crippen LogP contribution is 2.28. The Morgan fingerprint density at radius 1 is 0.957 bits per heavy atom. The fourth-order valence-corrected chi connectivity index (χ4v) is 2.94. The first-order chi connectivity index (χ1) is 11.2. The van der Waals surface area contributed by atoms with Crippen LogP contribution < -0.4 is 10.6 Å². The van der Waals surface area contributed by atoms with Crippen LogP contribution in [0.15, 0.2) is 60.7 Å². The Hall–Kier alpha value is -2.73. The molecule has 1 heterocycles. The van der Waals surface area contributed by atoms with Crippen molar-refractivity contribution < 1.29 is 4.79 Å². The lowest BCUT2D eigenvalue weighted by Gasteiger charge is -2.07. The van der Waals surface area contributed by atoms with Gasteiger partial charge in [0.15, 0.2) is 0 Å². The van der Waals surface area contributed by atoms with E-state index in [4.69, 9.17) is 0 Å². The molecule has 2 aromatic carbocycles. The molecule has 2 amide bonds. The van der Waals surface area contributed by atoms with Gasteiger partial charge < -0.3 is 5.32 Å². The Labute approximate surface area is 138 Å². The van der Waals surface area contributed by atoms with Crippen molar-refractivity contribution in [3.8, 4) is 0 Å². The molecule has 0 radical (unpaired) electrons. The van der Waals surface area contributed by atoms with E-state index in [2.05, 4.69) is 39.9 Å². The van der Waals surface area contributed by atoms with Gasteiger partial charge in [0.1, 0.15) is 5.01 Å². The van der Waals surface area contributed by atoms with Crippen molar-refractivity contribution in [2.45, 2.75) is 12.8 Å². The molecule has 23 heavy (non-hydrogen) atoms. The highest BCUT2D eigenvalue weighted by molar-refractivity contribution is 7.15. The first-order valence-electron chi connectivity index (χ1n) is 7.24. The third-order valence-electron chi connectivity index (χ3n) is 3.36. The van der Waals surface area contributed by atoms with Crippen molar-refractivity contribution in [1.82, 2.24) is 10.2 Å². The molecular formula is C17H16N4OS. The Morgan fingerprint density at radius 2 is 1.61 bits per heavy atom. The fourth-order valence-electron chi connectivity index (χ4n) is 2.13. The van der Waals surface area contributed by atoms with Gasteiger partial charge in [-0.25, -0.2) is 4.79 Å². The van der Waals surface area contributed by atoms with Crippen molar-refractivity contribution >= 4 is 28.2 Å². The summed E-state index contributed by atoms with van der Waals surface area (Å²) in [6.45, 7) is 2.07. The summed E-state index contributed by atoms with van der Waals surface area (Å²) in [6, 6.07) is 19.0. The number of amides is 2. The number of urea groups is 1. The van der Waals surface area contributed by atoms with Crippen LogP contribution in [0.1, 0.15) is 23.4 Å². The van der Waals surface area contributed by atoms with Crippen LogP contribution in [0.5, 0.6) is 0 Å². The molecule has 0 unspecified atom stereocenters. The number of nitrogens with one attached hydrogen (secondary N) is 2. The van der Waals surface area contributed by atoms with E-state index >= 15 is 0 Å². The summed E-state index contributed by atoms with van der Waals surface area (Å²) in [5.41, 5.74) is 1.90. The third kappa shape index (κ3) is 3.92. The highest BCUT2D eigenvalue weighted by atomic mass is 32.1. The zero-order valence-electron chi connectivity index (χ0n) is 12.6. The molecule has 3 aromatic rings. The van der Waals surface area contributed by atoms with Crippen LogP contribution in [0.2, 0.25) is 0 Å². The predicted molar refractivity (Wildman–Crippen MR) is 93.0 cm³/mol. The average Bonchev–Trinajstić information content (AvgIpc) is 3.04. The molecule has 2 N–H and O–H groups in total. The lowest BCUT2D eigenvalue weighted by molar-refractivity contribution is 0.262. The minimum atomic E-state index is -0.328. The predicted octanol–water partition coefficient (Wildman–Crippen LogP) is 4.33. The van der Waals surface area contributed by atoms with E-state index in [1.807, 2.05) is 48.5 Å². The van der Waals surface area contributed by atoms with Gasteiger partial charge in [0.25, 0.3) is 0 Å². The van der Waals surface area contributed by atoms with Crippen LogP contribution in [0.4, 0.5) is 15.6 Å². The molecule has 0 bridgehead atoms. The summed E-state index contributed by atoms with van der Waals surface area (Å²) in [5.74, 6) is 0.140. The number of hydrogen-bond acceptors (Lipinski definition) is 4. The standard InChI is InChI=1S/C17H16N4OS/c1-12(13-8-4-2-5-9-13)15-20-21-17(23-15)19-16(22)18-14-10-6-3-7-11-14/h2-12H,1H3,(H2,18,19,21,22)/t12-/m1/s1. The molecule has 0 aliphatic heterocycles. The van der Waals surface area contributed by atoms with Crippen LogP contribution in [0.25, 0.3) is 0 Å². The maximum absolute atomic E-state index is 11.9. The maximum atomic E-state index is 11.9. The Bertz CT molecular complexity index is 774. The lowest BCUT2D eigenvalue weighted by atomic mass is 10.0. The first kappa shape index (κ1) is 15.2. The number of para-hydroxylation sites is 1. The van der Waals surface area contributed by atoms with Gasteiger partial charge in [0.2, 0.25) is 5.13 Å². The molecule has 0 saturated heterocycles. The van der Waals surface area contributed by atoms with Crippen LogP contribution in [0.3, 0.4) is 0 Å². The number of aromatic nitrogens is 2. The number of nitrogens with zero attached hydrogens (tertiary/aromatic N) is 2. The normalized spacial score (nSPS) is 11.7. The van der Waals surface area contributed by atoms with Gasteiger partial charge in [-0.3, -0.25) is 5.32 Å². The second-order valence-corrected chi connectivity index (χ2v) is 6.03. The Kier molecular flexibility index (Phi) is 4.63. The summed E-state index contributed by atoms with van der Waals surface area (Å²) < 4.78 is 0. The molecule has 0 aliphatic carbocycles. The van der Waals surface area contributed by atoms with Crippen molar-refractivity contribution in [2.24, 2.45) is 0 Å². The topological polar surface area (TPSA) is 66.9 Å². The van der Waals surface area contributed by atoms with Gasteiger partial charge in [0, 0.05) is 11.6 Å². The second kappa shape index (κ2) is 7.02. The SMILES string of the molecule is C[C@H](c1ccccc1)c1nnc(NC(=O)Nc2ccccc2)s1. The fraction of sp³-hybridized carbons (Fsp3) is 0.118. The van der Waals surface area contributed by atoms with Crippen LogP contribution in [-0.4, -0.2) is 16.2 Å². The molecular weight excluding hydrogens is 308 g/mol. The number of rotatable bonds is 4. The molecule has 1 aromatic heterocycles. The van der Waals surface area contributed by atoms with Crippen LogP contribution in [-0.2, 0) is 0 Å². The van der Waals surface area contributed by atoms with E-state index in [-0.39, 0.29) is 11.9 Å². The number of benzene rings is 2. The summed E-state index contributed by atoms with van der Waals surface area (Å²) in [7, 11) is 0. The molecule has 6 heteroatoms. The summed E-state index contributed by atoms with van der Waals surface area (Å²) >= 11 is 1.38. The van der Waals surface area contributed by atoms with Gasteiger partial charge in [-0.15, -0.1) is 10.2 Å². The number of hydrogen-bond donors (Lipinski definition) is 2. The molecule has 1 atom stereocenters. The van der Waals surface area contributed by atoms with Gasteiger partial charge >= 0.3 is 6.03 Å². The lowest BCUT2D eigenvalue weighted by Crippen LogP contribution is -2.19. The largest absolute Gasteiger partial charge is 0.325 e. The zero-order valence-corrected chi connectivity index (χ0v) is 13.4. The Balaban J connectivity index is 1.64. The summed E-state index contributed by atoms with van der Waals surface area (Å²) in [5, 5.41) is 15.0. The van der Waals surface area contributed by atoms with E-state index in [0.717, 1.165) is 10.7 Å². The van der Waals surface area contributed by atoms with Crippen molar-refractivity contribution in [2.75, 3.05) is 10.6 Å². The summed E-state index contributed by atoms with van der Waals surface area (Å²) in [4.78, 5) is 11.9. The number of carbonyl (C=O) groups is 1. The molecule has 0 saturated carbocycles.